The van der Waals surface area contributed by atoms with E-state index in [2.05, 4.69) is 25.4 Å². The number of amides is 1. The fourth-order valence-electron chi connectivity index (χ4n) is 4.01. The van der Waals surface area contributed by atoms with E-state index in [9.17, 15) is 9.18 Å². The number of benzene rings is 2. The topological polar surface area (TPSA) is 76.8 Å². The second-order valence-electron chi connectivity index (χ2n) is 7.69. The lowest BCUT2D eigenvalue weighted by atomic mass is 10.0. The molecule has 0 bridgehead atoms. The van der Waals surface area contributed by atoms with Crippen molar-refractivity contribution in [1.82, 2.24) is 20.5 Å². The van der Waals surface area contributed by atoms with Crippen molar-refractivity contribution in [2.45, 2.75) is 18.9 Å². The molecule has 6 nitrogen and oxygen atoms in total. The molecule has 1 aliphatic heterocycles. The van der Waals surface area contributed by atoms with Gasteiger partial charge < -0.3 is 15.2 Å². The molecule has 2 aromatic heterocycles. The van der Waals surface area contributed by atoms with Crippen molar-refractivity contribution >= 4 is 22.6 Å². The number of rotatable bonds is 4. The summed E-state index contributed by atoms with van der Waals surface area (Å²) in [4.78, 5) is 18.1. The van der Waals surface area contributed by atoms with Gasteiger partial charge in [-0.2, -0.15) is 5.10 Å². The molecule has 3 heterocycles. The third-order valence-electron chi connectivity index (χ3n) is 5.62. The molecule has 1 fully saturated rings. The Labute approximate surface area is 173 Å². The van der Waals surface area contributed by atoms with Gasteiger partial charge in [0.2, 0.25) is 0 Å². The molecule has 4 aromatic rings. The van der Waals surface area contributed by atoms with E-state index < -0.39 is 0 Å². The van der Waals surface area contributed by atoms with Crippen molar-refractivity contribution in [2.75, 3.05) is 18.0 Å². The van der Waals surface area contributed by atoms with Crippen molar-refractivity contribution in [3.63, 3.8) is 0 Å². The van der Waals surface area contributed by atoms with Gasteiger partial charge in [0.05, 0.1) is 5.69 Å². The number of aromatic nitrogens is 3. The minimum atomic E-state index is -0.261. The van der Waals surface area contributed by atoms with E-state index in [-0.39, 0.29) is 17.8 Å². The second-order valence-corrected chi connectivity index (χ2v) is 7.69. The Hall–Kier alpha value is -3.61. The van der Waals surface area contributed by atoms with Crippen molar-refractivity contribution in [1.29, 1.82) is 0 Å². The number of anilines is 1. The Kier molecular flexibility index (Phi) is 4.71. The number of carbonyl (C=O) groups excluding carboxylic acids is 1. The highest BCUT2D eigenvalue weighted by Crippen LogP contribution is 2.24. The van der Waals surface area contributed by atoms with E-state index in [1.165, 1.54) is 12.1 Å². The first-order chi connectivity index (χ1) is 14.7. The predicted octanol–water partition coefficient (Wildman–Crippen LogP) is 4.10. The van der Waals surface area contributed by atoms with Crippen molar-refractivity contribution in [2.24, 2.45) is 0 Å². The largest absolute Gasteiger partial charge is 0.361 e. The zero-order valence-corrected chi connectivity index (χ0v) is 16.4. The molecule has 1 amide bonds. The molecule has 0 radical (unpaired) electrons. The maximum absolute atomic E-state index is 13.2. The highest BCUT2D eigenvalue weighted by Gasteiger charge is 2.24. The van der Waals surface area contributed by atoms with E-state index in [4.69, 9.17) is 0 Å². The summed E-state index contributed by atoms with van der Waals surface area (Å²) in [7, 11) is 0. The normalized spacial score (nSPS) is 16.7. The number of hydrogen-bond donors (Lipinski definition) is 3. The Morgan fingerprint density at radius 1 is 1.13 bits per heavy atom. The van der Waals surface area contributed by atoms with Gasteiger partial charge in [-0.3, -0.25) is 9.89 Å². The molecular formula is C23H22FN5O. The summed E-state index contributed by atoms with van der Waals surface area (Å²) in [6, 6.07) is 16.0. The molecule has 5 rings (SSSR count). The fraction of sp³-hybridized carbons (Fsp3) is 0.217. The standard InChI is InChI=1S/C23H22FN5O/c24-18-7-5-15(6-8-18)21-13-22(28-27-21)29-11-1-2-19(14-29)26-23(30)17-4-3-16-9-10-25-20(16)12-17/h3-10,12-13,19,25H,1-2,11,14H2,(H,26,30)(H,27,28)/t19-/m1/s1. The molecule has 1 saturated heterocycles. The Bertz CT molecular complexity index is 1180. The van der Waals surface area contributed by atoms with Crippen LogP contribution in [0, 0.1) is 5.82 Å². The zero-order chi connectivity index (χ0) is 20.5. The van der Waals surface area contributed by atoms with Crippen LogP contribution in [0.4, 0.5) is 10.2 Å². The van der Waals surface area contributed by atoms with Crippen LogP contribution in [0.15, 0.2) is 60.8 Å². The number of carbonyl (C=O) groups is 1. The highest BCUT2D eigenvalue weighted by atomic mass is 19.1. The first kappa shape index (κ1) is 18.4. The van der Waals surface area contributed by atoms with Gasteiger partial charge >= 0.3 is 0 Å². The van der Waals surface area contributed by atoms with Crippen molar-refractivity contribution in [3.05, 3.63) is 72.2 Å². The van der Waals surface area contributed by atoms with Crippen LogP contribution >= 0.6 is 0 Å². The summed E-state index contributed by atoms with van der Waals surface area (Å²) in [6.45, 7) is 1.58. The molecule has 2 aromatic carbocycles. The number of fused-ring (bicyclic) bond motifs is 1. The summed E-state index contributed by atoms with van der Waals surface area (Å²) in [5, 5.41) is 11.7. The van der Waals surface area contributed by atoms with Crippen LogP contribution in [0.5, 0.6) is 0 Å². The molecule has 7 heteroatoms. The van der Waals surface area contributed by atoms with Crippen LogP contribution < -0.4 is 10.2 Å². The molecule has 0 aliphatic carbocycles. The average Bonchev–Trinajstić information content (AvgIpc) is 3.44. The maximum atomic E-state index is 13.2. The van der Waals surface area contributed by atoms with Crippen LogP contribution in [0.25, 0.3) is 22.2 Å². The molecule has 3 N–H and O–H groups in total. The maximum Gasteiger partial charge on any atom is 0.251 e. The quantitative estimate of drug-likeness (QED) is 0.480. The van der Waals surface area contributed by atoms with Crippen LogP contribution in [-0.4, -0.2) is 40.2 Å². The lowest BCUT2D eigenvalue weighted by Gasteiger charge is -2.33. The summed E-state index contributed by atoms with van der Waals surface area (Å²) >= 11 is 0. The number of H-pyrrole nitrogens is 2. The molecule has 1 aliphatic rings. The third-order valence-corrected chi connectivity index (χ3v) is 5.62. The number of nitrogens with zero attached hydrogens (tertiary/aromatic N) is 2. The van der Waals surface area contributed by atoms with E-state index >= 15 is 0 Å². The minimum Gasteiger partial charge on any atom is -0.361 e. The smallest absolute Gasteiger partial charge is 0.251 e. The summed E-state index contributed by atoms with van der Waals surface area (Å²) in [5.74, 6) is 0.511. The first-order valence-corrected chi connectivity index (χ1v) is 10.1. The van der Waals surface area contributed by atoms with Gasteiger partial charge in [-0.25, -0.2) is 4.39 Å². The molecule has 1 atom stereocenters. The Morgan fingerprint density at radius 3 is 2.87 bits per heavy atom. The van der Waals surface area contributed by atoms with E-state index in [1.807, 2.05) is 36.5 Å². The van der Waals surface area contributed by atoms with Gasteiger partial charge in [0.25, 0.3) is 5.91 Å². The van der Waals surface area contributed by atoms with Crippen molar-refractivity contribution < 1.29 is 9.18 Å². The first-order valence-electron chi connectivity index (χ1n) is 10.1. The summed E-state index contributed by atoms with van der Waals surface area (Å²) in [6.07, 6.45) is 3.77. The number of aromatic amines is 2. The van der Waals surface area contributed by atoms with E-state index in [1.54, 1.807) is 12.1 Å². The number of halogens is 1. The van der Waals surface area contributed by atoms with Gasteiger partial charge in [-0.15, -0.1) is 0 Å². The number of piperidine rings is 1. The van der Waals surface area contributed by atoms with Gasteiger partial charge in [0.15, 0.2) is 5.82 Å². The van der Waals surface area contributed by atoms with Gasteiger partial charge in [0.1, 0.15) is 5.82 Å². The van der Waals surface area contributed by atoms with Crippen LogP contribution in [0.2, 0.25) is 0 Å². The molecule has 0 unspecified atom stereocenters. The number of hydrogen-bond acceptors (Lipinski definition) is 3. The molecule has 30 heavy (non-hydrogen) atoms. The fourth-order valence-corrected chi connectivity index (χ4v) is 4.01. The SMILES string of the molecule is O=C(N[C@@H]1CCCN(c2cc(-c3ccc(F)cc3)[nH]n2)C1)c1ccc2cc[nH]c2c1. The van der Waals surface area contributed by atoms with Crippen LogP contribution in [0.3, 0.4) is 0 Å². The van der Waals surface area contributed by atoms with Crippen LogP contribution in [0.1, 0.15) is 23.2 Å². The summed E-state index contributed by atoms with van der Waals surface area (Å²) in [5.41, 5.74) is 3.34. The third kappa shape index (κ3) is 3.66. The van der Waals surface area contributed by atoms with E-state index in [0.29, 0.717) is 12.1 Å². The van der Waals surface area contributed by atoms with Crippen LogP contribution in [-0.2, 0) is 0 Å². The molecule has 0 spiro atoms. The van der Waals surface area contributed by atoms with Gasteiger partial charge in [0, 0.05) is 42.5 Å². The number of nitrogens with one attached hydrogen (secondary N) is 3. The Balaban J connectivity index is 1.26. The highest BCUT2D eigenvalue weighted by molar-refractivity contribution is 5.98. The van der Waals surface area contributed by atoms with Gasteiger partial charge in [-0.1, -0.05) is 6.07 Å². The van der Waals surface area contributed by atoms with Crippen molar-refractivity contribution in [3.8, 4) is 11.3 Å². The van der Waals surface area contributed by atoms with Gasteiger partial charge in [-0.05, 0) is 66.3 Å². The minimum absolute atomic E-state index is 0.0524. The molecular weight excluding hydrogens is 381 g/mol. The summed E-state index contributed by atoms with van der Waals surface area (Å²) < 4.78 is 13.2. The second kappa shape index (κ2) is 7.67. The monoisotopic (exact) mass is 403 g/mol. The zero-order valence-electron chi connectivity index (χ0n) is 16.4. The lowest BCUT2D eigenvalue weighted by molar-refractivity contribution is 0.0933. The van der Waals surface area contributed by atoms with E-state index in [0.717, 1.165) is 47.4 Å². The molecule has 152 valence electrons. The Morgan fingerprint density at radius 2 is 2.00 bits per heavy atom. The predicted molar refractivity (Wildman–Crippen MR) is 115 cm³/mol. The average molecular weight is 403 g/mol. The molecule has 0 saturated carbocycles. The lowest BCUT2D eigenvalue weighted by Crippen LogP contribution is -2.48.